The molecule has 2 rings (SSSR count). The van der Waals surface area contributed by atoms with Crippen LogP contribution in [0.25, 0.3) is 0 Å². The quantitative estimate of drug-likeness (QED) is 0.383. The summed E-state index contributed by atoms with van der Waals surface area (Å²) in [6.45, 7) is 9.92. The Morgan fingerprint density at radius 3 is 2.52 bits per heavy atom. The lowest BCUT2D eigenvalue weighted by Gasteiger charge is -2.38. The predicted molar refractivity (Wildman–Crippen MR) is 121 cm³/mol. The van der Waals surface area contributed by atoms with Gasteiger partial charge in [0, 0.05) is 41.4 Å². The molecule has 5 nitrogen and oxygen atoms in total. The fourth-order valence-corrected chi connectivity index (χ4v) is 3.78. The van der Waals surface area contributed by atoms with E-state index in [0.717, 1.165) is 18.1 Å². The van der Waals surface area contributed by atoms with Crippen molar-refractivity contribution < 1.29 is 13.3 Å². The van der Waals surface area contributed by atoms with Gasteiger partial charge >= 0.3 is 0 Å². The van der Waals surface area contributed by atoms with E-state index in [1.54, 1.807) is 19.2 Å². The third-order valence-electron chi connectivity index (χ3n) is 4.27. The zero-order chi connectivity index (χ0) is 19.3. The van der Waals surface area contributed by atoms with Crippen LogP contribution in [0.2, 0.25) is 0 Å². The minimum absolute atomic E-state index is 0. The maximum absolute atomic E-state index is 13.2. The Hall–Kier alpha value is -0.740. The van der Waals surface area contributed by atoms with Crippen LogP contribution in [-0.2, 0) is 15.5 Å². The largest absolute Gasteiger partial charge is 0.367 e. The fourth-order valence-electron chi connectivity index (χ4n) is 2.88. The third kappa shape index (κ3) is 7.30. The molecule has 1 aromatic rings. The minimum Gasteiger partial charge on any atom is -0.367 e. The van der Waals surface area contributed by atoms with Crippen molar-refractivity contribution in [3.63, 3.8) is 0 Å². The molecule has 27 heavy (non-hydrogen) atoms. The van der Waals surface area contributed by atoms with E-state index in [2.05, 4.69) is 15.2 Å². The van der Waals surface area contributed by atoms with E-state index in [9.17, 15) is 8.60 Å². The van der Waals surface area contributed by atoms with Crippen molar-refractivity contribution in [2.45, 2.75) is 44.6 Å². The summed E-state index contributed by atoms with van der Waals surface area (Å²) < 4.78 is 31.2. The van der Waals surface area contributed by atoms with Crippen LogP contribution in [-0.4, -0.2) is 58.4 Å². The van der Waals surface area contributed by atoms with Crippen molar-refractivity contribution in [2.24, 2.45) is 4.99 Å². The maximum Gasteiger partial charge on any atom is 0.193 e. The second-order valence-corrected chi connectivity index (χ2v) is 9.85. The molecule has 1 aliphatic rings. The number of nitrogens with zero attached hydrogens (tertiary/aromatic N) is 2. The first-order chi connectivity index (χ1) is 12.2. The molecule has 0 amide bonds. The van der Waals surface area contributed by atoms with E-state index in [0.29, 0.717) is 18.8 Å². The number of rotatable bonds is 4. The Balaban J connectivity index is 0.00000364. The average molecular weight is 511 g/mol. The Bertz CT molecular complexity index is 649. The molecule has 1 heterocycles. The van der Waals surface area contributed by atoms with Crippen molar-refractivity contribution in [1.29, 1.82) is 0 Å². The summed E-state index contributed by atoms with van der Waals surface area (Å²) in [6.07, 6.45) is -0.109. The first-order valence-corrected chi connectivity index (χ1v) is 10.3. The minimum atomic E-state index is -0.903. The van der Waals surface area contributed by atoms with Crippen molar-refractivity contribution in [2.75, 3.05) is 32.4 Å². The number of nitrogens with one attached hydrogen (secondary N) is 1. The lowest BCUT2D eigenvalue weighted by Crippen LogP contribution is -2.51. The van der Waals surface area contributed by atoms with Crippen LogP contribution >= 0.6 is 24.0 Å². The first-order valence-electron chi connectivity index (χ1n) is 8.95. The van der Waals surface area contributed by atoms with Crippen molar-refractivity contribution in [3.8, 4) is 0 Å². The Morgan fingerprint density at radius 2 is 1.96 bits per heavy atom. The molecule has 1 saturated heterocycles. The fraction of sp³-hybridized carbons (Fsp3) is 0.632. The van der Waals surface area contributed by atoms with Gasteiger partial charge in [-0.2, -0.15) is 0 Å². The number of morpholine rings is 1. The van der Waals surface area contributed by atoms with Gasteiger partial charge in [0.2, 0.25) is 0 Å². The number of halogens is 2. The molecule has 154 valence electrons. The van der Waals surface area contributed by atoms with Gasteiger partial charge in [0.25, 0.3) is 0 Å². The monoisotopic (exact) mass is 511 g/mol. The molecule has 0 saturated carbocycles. The van der Waals surface area contributed by atoms with Crippen molar-refractivity contribution in [3.05, 3.63) is 35.6 Å². The van der Waals surface area contributed by atoms with Gasteiger partial charge in [0.15, 0.2) is 5.96 Å². The summed E-state index contributed by atoms with van der Waals surface area (Å²) in [5, 5.41) is 3.31. The van der Waals surface area contributed by atoms with Gasteiger partial charge in [0.1, 0.15) is 11.9 Å². The van der Waals surface area contributed by atoms with Crippen LogP contribution in [0.15, 0.2) is 29.3 Å². The number of aliphatic imine (C=N–C) groups is 1. The molecule has 1 aliphatic heterocycles. The highest BCUT2D eigenvalue weighted by Crippen LogP contribution is 2.25. The Morgan fingerprint density at radius 1 is 1.33 bits per heavy atom. The molecular formula is C19H31FIN3O2S. The summed E-state index contributed by atoms with van der Waals surface area (Å²) in [6, 6.07) is 6.44. The Kier molecular flexibility index (Phi) is 9.64. The summed E-state index contributed by atoms with van der Waals surface area (Å²) in [7, 11) is 0.843. The van der Waals surface area contributed by atoms with E-state index < -0.39 is 10.8 Å². The second-order valence-electron chi connectivity index (χ2n) is 7.53. The summed E-state index contributed by atoms with van der Waals surface area (Å²) in [5.41, 5.74) is 0.951. The van der Waals surface area contributed by atoms with Gasteiger partial charge < -0.3 is 15.0 Å². The summed E-state index contributed by atoms with van der Waals surface area (Å²) in [4.78, 5) is 6.51. The molecule has 3 atom stereocenters. The zero-order valence-electron chi connectivity index (χ0n) is 16.7. The molecule has 1 aromatic carbocycles. The molecule has 0 radical (unpaired) electrons. The smallest absolute Gasteiger partial charge is 0.193 e. The number of benzene rings is 1. The van der Waals surface area contributed by atoms with E-state index in [4.69, 9.17) is 4.74 Å². The van der Waals surface area contributed by atoms with E-state index >= 15 is 0 Å². The molecular weight excluding hydrogens is 480 g/mol. The normalized spacial score (nSPS) is 22.1. The summed E-state index contributed by atoms with van der Waals surface area (Å²) >= 11 is 0. The van der Waals surface area contributed by atoms with Crippen LogP contribution in [0.5, 0.6) is 0 Å². The number of hydrogen-bond donors (Lipinski definition) is 1. The highest BCUT2D eigenvalue weighted by atomic mass is 127. The van der Waals surface area contributed by atoms with E-state index in [1.807, 2.05) is 27.7 Å². The molecule has 8 heteroatoms. The van der Waals surface area contributed by atoms with Crippen LogP contribution in [0, 0.1) is 5.82 Å². The summed E-state index contributed by atoms with van der Waals surface area (Å²) in [5.74, 6) is 1.10. The molecule has 1 fully saturated rings. The lowest BCUT2D eigenvalue weighted by molar-refractivity contribution is -0.0604. The van der Waals surface area contributed by atoms with Gasteiger partial charge in [-0.15, -0.1) is 24.0 Å². The van der Waals surface area contributed by atoms with Crippen LogP contribution in [0.4, 0.5) is 4.39 Å². The number of ether oxygens (including phenoxy) is 1. The molecule has 3 unspecified atom stereocenters. The van der Waals surface area contributed by atoms with Gasteiger partial charge in [-0.25, -0.2) is 4.39 Å². The van der Waals surface area contributed by atoms with E-state index in [-0.39, 0.29) is 46.7 Å². The molecule has 0 aromatic heterocycles. The van der Waals surface area contributed by atoms with Gasteiger partial charge in [-0.1, -0.05) is 12.1 Å². The molecule has 0 bridgehead atoms. The highest BCUT2D eigenvalue weighted by Gasteiger charge is 2.28. The molecule has 0 spiro atoms. The van der Waals surface area contributed by atoms with Crippen molar-refractivity contribution in [1.82, 2.24) is 10.2 Å². The van der Waals surface area contributed by atoms with E-state index in [1.165, 1.54) is 12.1 Å². The maximum atomic E-state index is 13.2. The first kappa shape index (κ1) is 24.3. The predicted octanol–water partition coefficient (Wildman–Crippen LogP) is 3.33. The van der Waals surface area contributed by atoms with Crippen molar-refractivity contribution >= 4 is 40.7 Å². The second kappa shape index (κ2) is 10.7. The van der Waals surface area contributed by atoms with Gasteiger partial charge in [-0.3, -0.25) is 9.20 Å². The highest BCUT2D eigenvalue weighted by molar-refractivity contribution is 14.0. The third-order valence-corrected chi connectivity index (χ3v) is 6.21. The number of guanidine groups is 1. The SMILES string of the molecule is CN=C(NCCS(=O)C(C)(C)C)N1CC(C)OC(c2ccc(F)cc2)C1.I. The Labute approximate surface area is 181 Å². The van der Waals surface area contributed by atoms with Crippen LogP contribution in [0.3, 0.4) is 0 Å². The van der Waals surface area contributed by atoms with Gasteiger partial charge in [-0.05, 0) is 45.4 Å². The van der Waals surface area contributed by atoms with Gasteiger partial charge in [0.05, 0.1) is 12.6 Å². The average Bonchev–Trinajstić information content (AvgIpc) is 2.57. The van der Waals surface area contributed by atoms with Crippen LogP contribution in [0.1, 0.15) is 39.4 Å². The molecule has 1 N–H and O–H groups in total. The zero-order valence-corrected chi connectivity index (χ0v) is 19.8. The molecule has 0 aliphatic carbocycles. The topological polar surface area (TPSA) is 53.9 Å². The standard InChI is InChI=1S/C19H30FN3O2S.HI/c1-14-12-23(13-17(25-14)15-6-8-16(20)9-7-15)18(21-5)22-10-11-26(24)19(2,3)4;/h6-9,14,17H,10-13H2,1-5H3,(H,21,22);1H. The number of hydrogen-bond acceptors (Lipinski definition) is 3. The lowest BCUT2D eigenvalue weighted by atomic mass is 10.1. The van der Waals surface area contributed by atoms with Crippen LogP contribution < -0.4 is 5.32 Å².